The highest BCUT2D eigenvalue weighted by atomic mass is 35.5. The van der Waals surface area contributed by atoms with Crippen molar-refractivity contribution in [1.29, 1.82) is 0 Å². The van der Waals surface area contributed by atoms with Crippen LogP contribution in [0.4, 0.5) is 0 Å². The molecule has 0 aliphatic heterocycles. The molecular formula is C29H32ClN3. The van der Waals surface area contributed by atoms with Crippen LogP contribution in [0.25, 0.3) is 22.6 Å². The molecule has 0 spiro atoms. The third-order valence-corrected chi connectivity index (χ3v) is 6.39. The summed E-state index contributed by atoms with van der Waals surface area (Å²) in [7, 11) is 0. The zero-order chi connectivity index (χ0) is 23.0. The van der Waals surface area contributed by atoms with E-state index in [2.05, 4.69) is 96.1 Å². The van der Waals surface area contributed by atoms with E-state index in [-0.39, 0.29) is 0 Å². The van der Waals surface area contributed by atoms with Gasteiger partial charge in [-0.2, -0.15) is 0 Å². The standard InChI is InChI=1S/C29H32ClN3/c1-3-5-20-32(21-25-18-12-13-19-26(25)30)22-27-28(23-14-8-6-9-15-23)31-29(33(27)4-2)24-16-10-7-11-17-24/h6-19H,3-5,20-22H2,1-2H3. The fourth-order valence-corrected chi connectivity index (χ4v) is 4.49. The lowest BCUT2D eigenvalue weighted by Gasteiger charge is -2.24. The van der Waals surface area contributed by atoms with Crippen molar-refractivity contribution in [3.63, 3.8) is 0 Å². The van der Waals surface area contributed by atoms with Gasteiger partial charge in [0.15, 0.2) is 0 Å². The number of hydrogen-bond donors (Lipinski definition) is 0. The molecule has 4 heteroatoms. The van der Waals surface area contributed by atoms with Crippen molar-refractivity contribution in [1.82, 2.24) is 14.5 Å². The van der Waals surface area contributed by atoms with Crippen LogP contribution in [0.2, 0.25) is 5.02 Å². The van der Waals surface area contributed by atoms with Crippen LogP contribution >= 0.6 is 11.6 Å². The lowest BCUT2D eigenvalue weighted by molar-refractivity contribution is 0.247. The van der Waals surface area contributed by atoms with Crippen molar-refractivity contribution in [3.05, 3.63) is 101 Å². The monoisotopic (exact) mass is 457 g/mol. The molecule has 0 aliphatic rings. The van der Waals surface area contributed by atoms with Crippen LogP contribution in [0.15, 0.2) is 84.9 Å². The van der Waals surface area contributed by atoms with Gasteiger partial charge < -0.3 is 4.57 Å². The second kappa shape index (κ2) is 11.3. The van der Waals surface area contributed by atoms with Gasteiger partial charge >= 0.3 is 0 Å². The van der Waals surface area contributed by atoms with Gasteiger partial charge in [-0.15, -0.1) is 0 Å². The average Bonchev–Trinajstić information content (AvgIpc) is 3.23. The van der Waals surface area contributed by atoms with Gasteiger partial charge in [0.1, 0.15) is 5.82 Å². The minimum absolute atomic E-state index is 0.823. The van der Waals surface area contributed by atoms with E-state index in [0.717, 1.165) is 66.7 Å². The van der Waals surface area contributed by atoms with Gasteiger partial charge in [-0.25, -0.2) is 4.98 Å². The molecule has 170 valence electrons. The summed E-state index contributed by atoms with van der Waals surface area (Å²) in [5.74, 6) is 1.03. The predicted octanol–water partition coefficient (Wildman–Crippen LogP) is 7.69. The lowest BCUT2D eigenvalue weighted by Crippen LogP contribution is -2.26. The Morgan fingerprint density at radius 1 is 0.788 bits per heavy atom. The van der Waals surface area contributed by atoms with E-state index in [1.54, 1.807) is 0 Å². The molecule has 0 amide bonds. The van der Waals surface area contributed by atoms with Crippen molar-refractivity contribution in [2.75, 3.05) is 6.54 Å². The largest absolute Gasteiger partial charge is 0.327 e. The lowest BCUT2D eigenvalue weighted by atomic mass is 10.1. The zero-order valence-electron chi connectivity index (χ0n) is 19.5. The summed E-state index contributed by atoms with van der Waals surface area (Å²) < 4.78 is 2.38. The number of halogens is 1. The van der Waals surface area contributed by atoms with Crippen LogP contribution in [-0.4, -0.2) is 21.0 Å². The van der Waals surface area contributed by atoms with Gasteiger partial charge in [0.25, 0.3) is 0 Å². The fourth-order valence-electron chi connectivity index (χ4n) is 4.30. The normalized spacial score (nSPS) is 11.3. The van der Waals surface area contributed by atoms with E-state index in [0.29, 0.717) is 0 Å². The Morgan fingerprint density at radius 3 is 2.06 bits per heavy atom. The van der Waals surface area contributed by atoms with Crippen molar-refractivity contribution in [3.8, 4) is 22.6 Å². The van der Waals surface area contributed by atoms with Gasteiger partial charge in [-0.3, -0.25) is 4.90 Å². The smallest absolute Gasteiger partial charge is 0.140 e. The molecule has 0 N–H and O–H groups in total. The van der Waals surface area contributed by atoms with E-state index < -0.39 is 0 Å². The molecule has 1 aromatic heterocycles. The zero-order valence-corrected chi connectivity index (χ0v) is 20.3. The van der Waals surface area contributed by atoms with E-state index in [4.69, 9.17) is 16.6 Å². The van der Waals surface area contributed by atoms with E-state index in [9.17, 15) is 0 Å². The Kier molecular flexibility index (Phi) is 7.98. The van der Waals surface area contributed by atoms with Crippen LogP contribution in [0.3, 0.4) is 0 Å². The molecule has 0 radical (unpaired) electrons. The van der Waals surface area contributed by atoms with Gasteiger partial charge in [0, 0.05) is 35.8 Å². The van der Waals surface area contributed by atoms with Crippen LogP contribution in [0.1, 0.15) is 37.9 Å². The molecule has 0 unspecified atom stereocenters. The van der Waals surface area contributed by atoms with E-state index in [1.807, 2.05) is 12.1 Å². The third kappa shape index (κ3) is 5.55. The molecular weight excluding hydrogens is 426 g/mol. The summed E-state index contributed by atoms with van der Waals surface area (Å²) in [4.78, 5) is 7.70. The molecule has 0 aliphatic carbocycles. The summed E-state index contributed by atoms with van der Waals surface area (Å²) in [6, 6.07) is 29.2. The molecule has 4 rings (SSSR count). The SMILES string of the molecule is CCCCN(Cc1ccccc1Cl)Cc1c(-c2ccccc2)nc(-c2ccccc2)n1CC. The molecule has 0 atom stereocenters. The molecule has 4 aromatic rings. The predicted molar refractivity (Wildman–Crippen MR) is 139 cm³/mol. The van der Waals surface area contributed by atoms with Crippen LogP contribution in [0.5, 0.6) is 0 Å². The number of hydrogen-bond acceptors (Lipinski definition) is 2. The molecule has 3 aromatic carbocycles. The van der Waals surface area contributed by atoms with Crippen molar-refractivity contribution in [2.24, 2.45) is 0 Å². The topological polar surface area (TPSA) is 21.1 Å². The van der Waals surface area contributed by atoms with Crippen molar-refractivity contribution < 1.29 is 0 Å². The van der Waals surface area contributed by atoms with Gasteiger partial charge in [0.05, 0.1) is 11.4 Å². The summed E-state index contributed by atoms with van der Waals surface area (Å²) in [5, 5.41) is 0.830. The fraction of sp³-hybridized carbons (Fsp3) is 0.276. The summed E-state index contributed by atoms with van der Waals surface area (Å²) in [5.41, 5.74) is 5.80. The highest BCUT2D eigenvalue weighted by Crippen LogP contribution is 2.31. The quantitative estimate of drug-likeness (QED) is 0.243. The number of imidazole rings is 1. The number of aromatic nitrogens is 2. The van der Waals surface area contributed by atoms with Crippen LogP contribution < -0.4 is 0 Å². The van der Waals surface area contributed by atoms with Gasteiger partial charge in [-0.05, 0) is 31.5 Å². The number of benzene rings is 3. The first-order valence-corrected chi connectivity index (χ1v) is 12.2. The third-order valence-electron chi connectivity index (χ3n) is 6.02. The van der Waals surface area contributed by atoms with Gasteiger partial charge in [-0.1, -0.05) is 104 Å². The highest BCUT2D eigenvalue weighted by Gasteiger charge is 2.21. The maximum absolute atomic E-state index is 6.53. The Hall–Kier alpha value is -2.88. The molecule has 0 fully saturated rings. The maximum atomic E-state index is 6.53. The first kappa shape index (κ1) is 23.3. The molecule has 0 saturated heterocycles. The molecule has 1 heterocycles. The summed E-state index contributed by atoms with van der Waals surface area (Å²) in [6.07, 6.45) is 2.31. The second-order valence-corrected chi connectivity index (χ2v) is 8.77. The summed E-state index contributed by atoms with van der Waals surface area (Å²) >= 11 is 6.53. The van der Waals surface area contributed by atoms with Crippen LogP contribution in [-0.2, 0) is 19.6 Å². The summed E-state index contributed by atoms with van der Waals surface area (Å²) in [6.45, 7) is 7.98. The van der Waals surface area contributed by atoms with Crippen LogP contribution in [0, 0.1) is 0 Å². The Morgan fingerprint density at radius 2 is 1.42 bits per heavy atom. The van der Waals surface area contributed by atoms with E-state index in [1.165, 1.54) is 11.3 Å². The minimum atomic E-state index is 0.823. The maximum Gasteiger partial charge on any atom is 0.140 e. The molecule has 33 heavy (non-hydrogen) atoms. The Labute approximate surface area is 202 Å². The number of nitrogens with zero attached hydrogens (tertiary/aromatic N) is 3. The number of unbranched alkanes of at least 4 members (excludes halogenated alkanes) is 1. The van der Waals surface area contributed by atoms with Crippen molar-refractivity contribution >= 4 is 11.6 Å². The molecule has 0 bridgehead atoms. The highest BCUT2D eigenvalue weighted by molar-refractivity contribution is 6.31. The minimum Gasteiger partial charge on any atom is -0.327 e. The Balaban J connectivity index is 1.78. The molecule has 3 nitrogen and oxygen atoms in total. The number of rotatable bonds is 10. The second-order valence-electron chi connectivity index (χ2n) is 8.36. The van der Waals surface area contributed by atoms with E-state index >= 15 is 0 Å². The average molecular weight is 458 g/mol. The first-order chi connectivity index (χ1) is 16.2. The van der Waals surface area contributed by atoms with Gasteiger partial charge in [0.2, 0.25) is 0 Å². The Bertz CT molecular complexity index is 1150. The molecule has 0 saturated carbocycles. The van der Waals surface area contributed by atoms with Crippen molar-refractivity contribution in [2.45, 2.75) is 46.3 Å². The first-order valence-electron chi connectivity index (χ1n) is 11.9.